The number of rotatable bonds is 6. The molecule has 7 nitrogen and oxygen atoms in total. The van der Waals surface area contributed by atoms with Crippen LogP contribution in [0.1, 0.15) is 26.7 Å². The van der Waals surface area contributed by atoms with E-state index in [0.29, 0.717) is 18.4 Å². The van der Waals surface area contributed by atoms with Gasteiger partial charge in [0.25, 0.3) is 0 Å². The van der Waals surface area contributed by atoms with E-state index in [1.165, 1.54) is 0 Å². The van der Waals surface area contributed by atoms with Crippen LogP contribution in [0.3, 0.4) is 0 Å². The first-order valence-corrected chi connectivity index (χ1v) is 9.67. The SMILES string of the molecule is CCC(=O)N1CCC(NC(=NC)NCC(C)CN2CCN(C)CC2)C1.I. The predicted octanol–water partition coefficient (Wildman–Crippen LogP) is 0.664. The Morgan fingerprint density at radius 1 is 1.23 bits per heavy atom. The molecular weight excluding hydrogens is 443 g/mol. The van der Waals surface area contributed by atoms with Gasteiger partial charge in [0.2, 0.25) is 5.91 Å². The van der Waals surface area contributed by atoms with Crippen LogP contribution in [-0.2, 0) is 4.79 Å². The number of carbonyl (C=O) groups is 1. The van der Waals surface area contributed by atoms with Crippen molar-refractivity contribution in [1.29, 1.82) is 0 Å². The number of carbonyl (C=O) groups excluding carboxylic acids is 1. The van der Waals surface area contributed by atoms with Gasteiger partial charge in [0.1, 0.15) is 0 Å². The fraction of sp³-hybridized carbons (Fsp3) is 0.889. The average molecular weight is 480 g/mol. The predicted molar refractivity (Wildman–Crippen MR) is 118 cm³/mol. The van der Waals surface area contributed by atoms with Gasteiger partial charge in [-0.25, -0.2) is 0 Å². The van der Waals surface area contributed by atoms with Crippen LogP contribution < -0.4 is 10.6 Å². The molecule has 0 saturated carbocycles. The summed E-state index contributed by atoms with van der Waals surface area (Å²) in [5.74, 6) is 1.66. The van der Waals surface area contributed by atoms with Gasteiger partial charge in [0.05, 0.1) is 0 Å². The third kappa shape index (κ3) is 7.56. The second-order valence-corrected chi connectivity index (χ2v) is 7.49. The van der Waals surface area contributed by atoms with Gasteiger partial charge in [-0.2, -0.15) is 0 Å². The van der Waals surface area contributed by atoms with E-state index in [9.17, 15) is 4.79 Å². The van der Waals surface area contributed by atoms with E-state index in [4.69, 9.17) is 0 Å². The molecule has 1 amide bonds. The van der Waals surface area contributed by atoms with Gasteiger partial charge in [0, 0.05) is 71.9 Å². The normalized spacial score (nSPS) is 23.5. The van der Waals surface area contributed by atoms with Crippen molar-refractivity contribution in [1.82, 2.24) is 25.3 Å². The summed E-state index contributed by atoms with van der Waals surface area (Å²) in [6.07, 6.45) is 1.58. The highest BCUT2D eigenvalue weighted by molar-refractivity contribution is 14.0. The molecule has 0 spiro atoms. The van der Waals surface area contributed by atoms with Crippen LogP contribution in [0.25, 0.3) is 0 Å². The number of amides is 1. The molecule has 2 heterocycles. The summed E-state index contributed by atoms with van der Waals surface area (Å²) in [6, 6.07) is 0.301. The van der Waals surface area contributed by atoms with Gasteiger partial charge >= 0.3 is 0 Å². The summed E-state index contributed by atoms with van der Waals surface area (Å²) in [5.41, 5.74) is 0. The Labute approximate surface area is 176 Å². The Morgan fingerprint density at radius 3 is 2.54 bits per heavy atom. The molecule has 2 aliphatic rings. The van der Waals surface area contributed by atoms with Crippen molar-refractivity contribution in [3.63, 3.8) is 0 Å². The minimum atomic E-state index is 0. The van der Waals surface area contributed by atoms with Crippen LogP contribution in [0.15, 0.2) is 4.99 Å². The lowest BCUT2D eigenvalue weighted by Crippen LogP contribution is -2.49. The standard InChI is InChI=1S/C18H36N6O.HI/c1-5-17(25)24-7-6-16(14-24)21-18(19-3)20-12-15(2)13-23-10-8-22(4)9-11-23;/h15-16H,5-14H2,1-4H3,(H2,19,20,21);1H. The third-order valence-electron chi connectivity index (χ3n) is 5.19. The molecule has 2 fully saturated rings. The third-order valence-corrected chi connectivity index (χ3v) is 5.19. The Kier molecular flexibility index (Phi) is 10.8. The second-order valence-electron chi connectivity index (χ2n) is 7.49. The van der Waals surface area contributed by atoms with E-state index in [1.807, 2.05) is 18.9 Å². The summed E-state index contributed by atoms with van der Waals surface area (Å²) in [6.45, 7) is 12.5. The van der Waals surface area contributed by atoms with Crippen LogP contribution in [0.4, 0.5) is 0 Å². The molecule has 2 N–H and O–H groups in total. The zero-order chi connectivity index (χ0) is 18.2. The molecule has 0 aliphatic carbocycles. The molecule has 26 heavy (non-hydrogen) atoms. The quantitative estimate of drug-likeness (QED) is 0.333. The molecule has 0 aromatic carbocycles. The fourth-order valence-corrected chi connectivity index (χ4v) is 3.52. The number of likely N-dealkylation sites (N-methyl/N-ethyl adjacent to an activating group) is 1. The van der Waals surface area contributed by atoms with Crippen molar-refractivity contribution in [2.45, 2.75) is 32.7 Å². The van der Waals surface area contributed by atoms with E-state index in [2.05, 4.69) is 39.4 Å². The lowest BCUT2D eigenvalue weighted by atomic mass is 10.1. The van der Waals surface area contributed by atoms with Gasteiger partial charge in [-0.3, -0.25) is 9.79 Å². The molecule has 0 bridgehead atoms. The molecular formula is C18H37IN6O. The number of aliphatic imine (C=N–C) groups is 1. The highest BCUT2D eigenvalue weighted by Gasteiger charge is 2.25. The van der Waals surface area contributed by atoms with Gasteiger partial charge in [-0.15, -0.1) is 24.0 Å². The Morgan fingerprint density at radius 2 is 1.92 bits per heavy atom. The first kappa shape index (κ1) is 23.4. The average Bonchev–Trinajstić information content (AvgIpc) is 3.08. The number of hydrogen-bond donors (Lipinski definition) is 2. The maximum atomic E-state index is 11.8. The van der Waals surface area contributed by atoms with Crippen LogP contribution in [-0.4, -0.2) is 99.1 Å². The lowest BCUT2D eigenvalue weighted by molar-refractivity contribution is -0.129. The maximum absolute atomic E-state index is 11.8. The van der Waals surface area contributed by atoms with Gasteiger partial charge < -0.3 is 25.3 Å². The van der Waals surface area contributed by atoms with Crippen LogP contribution in [0, 0.1) is 5.92 Å². The van der Waals surface area contributed by atoms with Crippen LogP contribution in [0.5, 0.6) is 0 Å². The molecule has 0 radical (unpaired) electrons. The zero-order valence-electron chi connectivity index (χ0n) is 16.8. The molecule has 2 aliphatic heterocycles. The molecule has 8 heteroatoms. The van der Waals surface area contributed by atoms with Crippen molar-refractivity contribution in [2.24, 2.45) is 10.9 Å². The monoisotopic (exact) mass is 480 g/mol. The number of nitrogens with zero attached hydrogens (tertiary/aromatic N) is 4. The van der Waals surface area contributed by atoms with E-state index in [1.54, 1.807) is 0 Å². The maximum Gasteiger partial charge on any atom is 0.222 e. The molecule has 2 saturated heterocycles. The van der Waals surface area contributed by atoms with Crippen molar-refractivity contribution in [3.05, 3.63) is 0 Å². The number of nitrogens with one attached hydrogen (secondary N) is 2. The largest absolute Gasteiger partial charge is 0.356 e. The number of halogens is 1. The zero-order valence-corrected chi connectivity index (χ0v) is 19.2. The van der Waals surface area contributed by atoms with Gasteiger partial charge in [0.15, 0.2) is 5.96 Å². The molecule has 2 atom stereocenters. The highest BCUT2D eigenvalue weighted by atomic mass is 127. The second kappa shape index (κ2) is 12.0. The summed E-state index contributed by atoms with van der Waals surface area (Å²) < 4.78 is 0. The fourth-order valence-electron chi connectivity index (χ4n) is 3.52. The van der Waals surface area contributed by atoms with Crippen molar-refractivity contribution >= 4 is 35.8 Å². The number of piperazine rings is 1. The summed E-state index contributed by atoms with van der Waals surface area (Å²) in [7, 11) is 4.00. The lowest BCUT2D eigenvalue weighted by Gasteiger charge is -2.34. The first-order valence-electron chi connectivity index (χ1n) is 9.67. The summed E-state index contributed by atoms with van der Waals surface area (Å²) in [5, 5.41) is 6.91. The van der Waals surface area contributed by atoms with Crippen molar-refractivity contribution < 1.29 is 4.79 Å². The number of guanidine groups is 1. The Bertz CT molecular complexity index is 453. The minimum Gasteiger partial charge on any atom is -0.356 e. The summed E-state index contributed by atoms with van der Waals surface area (Å²) >= 11 is 0. The van der Waals surface area contributed by atoms with E-state index >= 15 is 0 Å². The number of hydrogen-bond acceptors (Lipinski definition) is 4. The molecule has 2 rings (SSSR count). The van der Waals surface area contributed by atoms with E-state index in [-0.39, 0.29) is 29.9 Å². The Balaban J connectivity index is 0.00000338. The topological polar surface area (TPSA) is 63.2 Å². The van der Waals surface area contributed by atoms with Crippen LogP contribution in [0.2, 0.25) is 0 Å². The smallest absolute Gasteiger partial charge is 0.222 e. The highest BCUT2D eigenvalue weighted by Crippen LogP contribution is 2.10. The molecule has 152 valence electrons. The summed E-state index contributed by atoms with van der Waals surface area (Å²) in [4.78, 5) is 23.0. The van der Waals surface area contributed by atoms with E-state index < -0.39 is 0 Å². The molecule has 2 unspecified atom stereocenters. The van der Waals surface area contributed by atoms with Gasteiger partial charge in [-0.1, -0.05) is 13.8 Å². The van der Waals surface area contributed by atoms with E-state index in [0.717, 1.165) is 64.7 Å². The van der Waals surface area contributed by atoms with Gasteiger partial charge in [-0.05, 0) is 19.4 Å². The van der Waals surface area contributed by atoms with Crippen molar-refractivity contribution in [2.75, 3.05) is 66.5 Å². The molecule has 0 aromatic rings. The van der Waals surface area contributed by atoms with Crippen molar-refractivity contribution in [3.8, 4) is 0 Å². The number of likely N-dealkylation sites (tertiary alicyclic amines) is 1. The van der Waals surface area contributed by atoms with Crippen LogP contribution >= 0.6 is 24.0 Å². The minimum absolute atomic E-state index is 0. The first-order chi connectivity index (χ1) is 12.0. The Hall–Kier alpha value is -0.610. The molecule has 0 aromatic heterocycles.